The van der Waals surface area contributed by atoms with E-state index in [0.29, 0.717) is 0 Å². The maximum atomic E-state index is 4.55. The highest BCUT2D eigenvalue weighted by Crippen LogP contribution is 2.27. The molecule has 112 valence electrons. The molecule has 0 amide bonds. The van der Waals surface area contributed by atoms with Gasteiger partial charge in [-0.2, -0.15) is 0 Å². The Morgan fingerprint density at radius 1 is 1.29 bits per heavy atom. The Morgan fingerprint density at radius 2 is 2.14 bits per heavy atom. The van der Waals surface area contributed by atoms with E-state index < -0.39 is 0 Å². The van der Waals surface area contributed by atoms with E-state index in [9.17, 15) is 0 Å². The monoisotopic (exact) mass is 303 g/mol. The molecule has 0 radical (unpaired) electrons. The lowest BCUT2D eigenvalue weighted by molar-refractivity contribution is 0.740. The van der Waals surface area contributed by atoms with E-state index in [2.05, 4.69) is 32.0 Å². The van der Waals surface area contributed by atoms with Crippen LogP contribution in [0.1, 0.15) is 12.8 Å². The summed E-state index contributed by atoms with van der Waals surface area (Å²) in [5, 5.41) is 11.0. The molecular formula is C15H21N5S. The number of fused-ring (bicyclic) bond motifs is 1. The summed E-state index contributed by atoms with van der Waals surface area (Å²) in [5.41, 5.74) is 1.06. The lowest BCUT2D eigenvalue weighted by Gasteiger charge is -2.11. The van der Waals surface area contributed by atoms with Crippen LogP contribution in [-0.2, 0) is 0 Å². The van der Waals surface area contributed by atoms with Gasteiger partial charge >= 0.3 is 0 Å². The summed E-state index contributed by atoms with van der Waals surface area (Å²) >= 11 is 1.69. The molecule has 0 spiro atoms. The van der Waals surface area contributed by atoms with Crippen molar-refractivity contribution in [1.29, 1.82) is 0 Å². The van der Waals surface area contributed by atoms with Gasteiger partial charge in [-0.1, -0.05) is 23.5 Å². The predicted octanol–water partition coefficient (Wildman–Crippen LogP) is 2.28. The van der Waals surface area contributed by atoms with Crippen LogP contribution in [0.3, 0.4) is 0 Å². The van der Waals surface area contributed by atoms with E-state index in [1.807, 2.05) is 25.2 Å². The minimum absolute atomic E-state index is 0.820. The fourth-order valence-electron chi connectivity index (χ4n) is 2.08. The van der Waals surface area contributed by atoms with Crippen LogP contribution in [0.5, 0.6) is 0 Å². The van der Waals surface area contributed by atoms with Gasteiger partial charge in [0.05, 0.1) is 10.2 Å². The maximum absolute atomic E-state index is 4.55. The molecule has 2 aromatic rings. The summed E-state index contributed by atoms with van der Waals surface area (Å²) in [6.07, 6.45) is 2.70. The van der Waals surface area contributed by atoms with Crippen molar-refractivity contribution in [2.75, 3.05) is 32.0 Å². The van der Waals surface area contributed by atoms with Crippen LogP contribution in [0.25, 0.3) is 10.2 Å². The Morgan fingerprint density at radius 3 is 2.90 bits per heavy atom. The number of benzene rings is 1. The topological polar surface area (TPSA) is 61.3 Å². The quantitative estimate of drug-likeness (QED) is 0.435. The van der Waals surface area contributed by atoms with E-state index in [-0.39, 0.29) is 0 Å². The minimum Gasteiger partial charge on any atom is -0.360 e. The van der Waals surface area contributed by atoms with E-state index in [4.69, 9.17) is 0 Å². The number of hydrogen-bond donors (Lipinski definition) is 3. The Bertz CT molecular complexity index is 584. The number of rotatable bonds is 6. The van der Waals surface area contributed by atoms with E-state index >= 15 is 0 Å². The van der Waals surface area contributed by atoms with Gasteiger partial charge in [-0.05, 0) is 30.9 Å². The molecule has 0 bridgehead atoms. The maximum Gasteiger partial charge on any atom is 0.191 e. The molecule has 0 unspecified atom stereocenters. The number of anilines is 1. The van der Waals surface area contributed by atoms with Gasteiger partial charge in [0, 0.05) is 26.7 Å². The Hall–Kier alpha value is -1.82. The molecule has 21 heavy (non-hydrogen) atoms. The highest BCUT2D eigenvalue weighted by Gasteiger charge is 2.20. The number of nitrogens with one attached hydrogen (secondary N) is 3. The predicted molar refractivity (Wildman–Crippen MR) is 90.2 cm³/mol. The molecule has 1 aromatic heterocycles. The molecule has 1 saturated carbocycles. The van der Waals surface area contributed by atoms with Crippen LogP contribution in [-0.4, -0.2) is 37.6 Å². The highest BCUT2D eigenvalue weighted by molar-refractivity contribution is 7.22. The van der Waals surface area contributed by atoms with Crippen LogP contribution in [0, 0.1) is 5.92 Å². The molecule has 0 aliphatic heterocycles. The number of thiazole rings is 1. The zero-order valence-corrected chi connectivity index (χ0v) is 13.0. The second-order valence-corrected chi connectivity index (χ2v) is 6.27. The highest BCUT2D eigenvalue weighted by atomic mass is 32.1. The first-order valence-electron chi connectivity index (χ1n) is 7.39. The van der Waals surface area contributed by atoms with Crippen molar-refractivity contribution in [2.45, 2.75) is 12.8 Å². The van der Waals surface area contributed by atoms with Crippen molar-refractivity contribution in [3.8, 4) is 0 Å². The van der Waals surface area contributed by atoms with Crippen molar-refractivity contribution in [2.24, 2.45) is 10.9 Å². The SMILES string of the molecule is CN=C(NCCNc1nc2ccccc2s1)NCC1CC1. The molecule has 5 nitrogen and oxygen atoms in total. The van der Waals surface area contributed by atoms with Crippen LogP contribution < -0.4 is 16.0 Å². The zero-order valence-electron chi connectivity index (χ0n) is 12.2. The zero-order chi connectivity index (χ0) is 14.5. The third-order valence-corrected chi connectivity index (χ3v) is 4.46. The molecule has 3 rings (SSSR count). The summed E-state index contributed by atoms with van der Waals surface area (Å²) in [6, 6.07) is 8.20. The Labute approximate surface area is 128 Å². The van der Waals surface area contributed by atoms with Crippen molar-refractivity contribution in [3.63, 3.8) is 0 Å². The molecule has 6 heteroatoms. The standard InChI is InChI=1S/C15H21N5S/c1-16-14(19-10-11-6-7-11)17-8-9-18-15-20-12-4-2-3-5-13(12)21-15/h2-5,11H,6-10H2,1H3,(H,18,20)(H2,16,17,19). The molecule has 1 aromatic carbocycles. The first kappa shape index (κ1) is 14.1. The van der Waals surface area contributed by atoms with Crippen molar-refractivity contribution in [1.82, 2.24) is 15.6 Å². The van der Waals surface area contributed by atoms with Crippen molar-refractivity contribution < 1.29 is 0 Å². The third-order valence-electron chi connectivity index (χ3n) is 3.47. The van der Waals surface area contributed by atoms with Gasteiger partial charge in [0.1, 0.15) is 0 Å². The molecule has 1 aliphatic carbocycles. The number of nitrogens with zero attached hydrogens (tertiary/aromatic N) is 2. The fraction of sp³-hybridized carbons (Fsp3) is 0.467. The van der Waals surface area contributed by atoms with Gasteiger partial charge in [0.15, 0.2) is 11.1 Å². The normalized spacial score (nSPS) is 15.2. The first-order chi connectivity index (χ1) is 10.3. The van der Waals surface area contributed by atoms with Crippen LogP contribution in [0.15, 0.2) is 29.3 Å². The van der Waals surface area contributed by atoms with Gasteiger partial charge in [-0.25, -0.2) is 4.98 Å². The number of aliphatic imine (C=N–C) groups is 1. The van der Waals surface area contributed by atoms with E-state index in [0.717, 1.165) is 42.2 Å². The number of hydrogen-bond acceptors (Lipinski definition) is 4. The summed E-state index contributed by atoms with van der Waals surface area (Å²) in [6.45, 7) is 2.68. The van der Waals surface area contributed by atoms with Gasteiger partial charge in [-0.3, -0.25) is 4.99 Å². The average Bonchev–Trinajstić information content (AvgIpc) is 3.24. The van der Waals surface area contributed by atoms with Gasteiger partial charge in [0.25, 0.3) is 0 Å². The molecular weight excluding hydrogens is 282 g/mol. The molecule has 1 aliphatic rings. The molecule has 0 atom stereocenters. The number of para-hydroxylation sites is 1. The fourth-order valence-corrected chi connectivity index (χ4v) is 2.97. The van der Waals surface area contributed by atoms with Gasteiger partial charge < -0.3 is 16.0 Å². The molecule has 1 heterocycles. The largest absolute Gasteiger partial charge is 0.360 e. The molecule has 0 saturated heterocycles. The van der Waals surface area contributed by atoms with Crippen LogP contribution in [0.2, 0.25) is 0 Å². The van der Waals surface area contributed by atoms with Gasteiger partial charge in [-0.15, -0.1) is 0 Å². The minimum atomic E-state index is 0.820. The van der Waals surface area contributed by atoms with E-state index in [1.165, 1.54) is 17.5 Å². The molecule has 3 N–H and O–H groups in total. The lowest BCUT2D eigenvalue weighted by atomic mass is 10.3. The van der Waals surface area contributed by atoms with Crippen molar-refractivity contribution in [3.05, 3.63) is 24.3 Å². The summed E-state index contributed by atoms with van der Waals surface area (Å²) < 4.78 is 1.22. The summed E-state index contributed by atoms with van der Waals surface area (Å²) in [7, 11) is 1.81. The van der Waals surface area contributed by atoms with Gasteiger partial charge in [0.2, 0.25) is 0 Å². The van der Waals surface area contributed by atoms with Crippen LogP contribution in [0.4, 0.5) is 5.13 Å². The molecule has 1 fully saturated rings. The van der Waals surface area contributed by atoms with Crippen LogP contribution >= 0.6 is 11.3 Å². The Kier molecular flexibility index (Phi) is 4.55. The summed E-state index contributed by atoms with van der Waals surface area (Å²) in [5.74, 6) is 1.73. The summed E-state index contributed by atoms with van der Waals surface area (Å²) in [4.78, 5) is 8.77. The first-order valence-corrected chi connectivity index (χ1v) is 8.21. The second-order valence-electron chi connectivity index (χ2n) is 5.24. The lowest BCUT2D eigenvalue weighted by Crippen LogP contribution is -2.40. The third kappa shape index (κ3) is 4.07. The van der Waals surface area contributed by atoms with Crippen molar-refractivity contribution >= 4 is 32.6 Å². The number of guanidine groups is 1. The second kappa shape index (κ2) is 6.76. The average molecular weight is 303 g/mol. The Balaban J connectivity index is 1.40. The number of aromatic nitrogens is 1. The smallest absolute Gasteiger partial charge is 0.191 e. The van der Waals surface area contributed by atoms with E-state index in [1.54, 1.807) is 11.3 Å².